The zero-order valence-electron chi connectivity index (χ0n) is 15.9. The molecule has 0 bridgehead atoms. The van der Waals surface area contributed by atoms with Crippen LogP contribution in [0.15, 0.2) is 53.9 Å². The summed E-state index contributed by atoms with van der Waals surface area (Å²) < 4.78 is 10.5. The second kappa shape index (κ2) is 8.71. The number of anilines is 1. The normalized spacial score (nSPS) is 10.4. The van der Waals surface area contributed by atoms with Gasteiger partial charge in [-0.1, -0.05) is 35.9 Å². The van der Waals surface area contributed by atoms with Crippen molar-refractivity contribution in [3.8, 4) is 16.9 Å². The highest BCUT2D eigenvalue weighted by Gasteiger charge is 2.18. The van der Waals surface area contributed by atoms with Crippen molar-refractivity contribution in [1.82, 2.24) is 0 Å². The number of hydrogen-bond donors (Lipinski definition) is 1. The Labute approximate surface area is 167 Å². The van der Waals surface area contributed by atoms with Gasteiger partial charge in [0.25, 0.3) is 5.91 Å². The fourth-order valence-electron chi connectivity index (χ4n) is 2.73. The van der Waals surface area contributed by atoms with Crippen LogP contribution in [0.3, 0.4) is 0 Å². The molecule has 28 heavy (non-hydrogen) atoms. The molecule has 0 spiro atoms. The minimum Gasteiger partial charge on any atom is -0.495 e. The molecule has 0 radical (unpaired) electrons. The number of nitrogens with one attached hydrogen (secondary N) is 1. The molecule has 0 saturated carbocycles. The van der Waals surface area contributed by atoms with Gasteiger partial charge in [0.15, 0.2) is 6.61 Å². The molecule has 1 amide bonds. The Morgan fingerprint density at radius 3 is 2.43 bits per heavy atom. The van der Waals surface area contributed by atoms with Crippen LogP contribution in [0, 0.1) is 13.8 Å². The topological polar surface area (TPSA) is 64.6 Å². The lowest BCUT2D eigenvalue weighted by atomic mass is 10.1. The smallest absolute Gasteiger partial charge is 0.349 e. The standard InChI is InChI=1S/C22H21NO4S/c1-14-4-7-16(8-5-14)17-10-11-28-21(17)22(25)27-13-20(24)23-18-12-15(2)6-9-19(18)26-3/h4-12H,13H2,1-3H3,(H,23,24). The summed E-state index contributed by atoms with van der Waals surface area (Å²) in [6, 6.07) is 15.2. The number of hydrogen-bond acceptors (Lipinski definition) is 5. The van der Waals surface area contributed by atoms with Gasteiger partial charge in [-0.05, 0) is 48.6 Å². The molecule has 0 atom stereocenters. The van der Waals surface area contributed by atoms with E-state index in [1.165, 1.54) is 18.4 Å². The molecule has 0 aliphatic rings. The zero-order chi connectivity index (χ0) is 20.1. The Hall–Kier alpha value is -3.12. The lowest BCUT2D eigenvalue weighted by Crippen LogP contribution is -2.21. The number of methoxy groups -OCH3 is 1. The average molecular weight is 395 g/mol. The summed E-state index contributed by atoms with van der Waals surface area (Å²) >= 11 is 1.29. The Morgan fingerprint density at radius 1 is 1.00 bits per heavy atom. The fraction of sp³-hybridized carbons (Fsp3) is 0.182. The van der Waals surface area contributed by atoms with E-state index < -0.39 is 11.9 Å². The third kappa shape index (κ3) is 4.58. The molecule has 0 aliphatic carbocycles. The van der Waals surface area contributed by atoms with Crippen molar-refractivity contribution in [3.63, 3.8) is 0 Å². The summed E-state index contributed by atoms with van der Waals surface area (Å²) in [6.07, 6.45) is 0. The Morgan fingerprint density at radius 2 is 1.71 bits per heavy atom. The third-order valence-electron chi connectivity index (χ3n) is 4.18. The molecule has 1 N–H and O–H groups in total. The van der Waals surface area contributed by atoms with Gasteiger partial charge in [0, 0.05) is 5.56 Å². The highest BCUT2D eigenvalue weighted by molar-refractivity contribution is 7.12. The SMILES string of the molecule is COc1ccc(C)cc1NC(=O)COC(=O)c1sccc1-c1ccc(C)cc1. The molecule has 0 saturated heterocycles. The van der Waals surface area contributed by atoms with Crippen LogP contribution in [0.2, 0.25) is 0 Å². The molecule has 6 heteroatoms. The summed E-state index contributed by atoms with van der Waals surface area (Å²) in [5.41, 5.74) is 4.41. The highest BCUT2D eigenvalue weighted by Crippen LogP contribution is 2.29. The van der Waals surface area contributed by atoms with Crippen molar-refractivity contribution in [3.05, 3.63) is 69.9 Å². The molecule has 0 aliphatic heterocycles. The van der Waals surface area contributed by atoms with Crippen LogP contribution in [-0.4, -0.2) is 25.6 Å². The number of carbonyl (C=O) groups excluding carboxylic acids is 2. The molecule has 0 unspecified atom stereocenters. The summed E-state index contributed by atoms with van der Waals surface area (Å²) in [5.74, 6) is -0.396. The summed E-state index contributed by atoms with van der Waals surface area (Å²) in [5, 5.41) is 4.55. The molecule has 1 aromatic heterocycles. The lowest BCUT2D eigenvalue weighted by Gasteiger charge is -2.11. The fourth-order valence-corrected chi connectivity index (χ4v) is 3.54. The molecular weight excluding hydrogens is 374 g/mol. The van der Waals surface area contributed by atoms with Crippen molar-refractivity contribution in [2.75, 3.05) is 19.0 Å². The molecule has 3 rings (SSSR count). The van der Waals surface area contributed by atoms with Gasteiger partial charge in [0.05, 0.1) is 12.8 Å². The maximum Gasteiger partial charge on any atom is 0.349 e. The van der Waals surface area contributed by atoms with Gasteiger partial charge < -0.3 is 14.8 Å². The van der Waals surface area contributed by atoms with E-state index in [4.69, 9.17) is 9.47 Å². The van der Waals surface area contributed by atoms with Crippen LogP contribution in [0.25, 0.3) is 11.1 Å². The van der Waals surface area contributed by atoms with Gasteiger partial charge in [-0.2, -0.15) is 0 Å². The van der Waals surface area contributed by atoms with Crippen molar-refractivity contribution in [1.29, 1.82) is 0 Å². The summed E-state index contributed by atoms with van der Waals surface area (Å²) in [6.45, 7) is 3.55. The lowest BCUT2D eigenvalue weighted by molar-refractivity contribution is -0.119. The number of thiophene rings is 1. The number of benzene rings is 2. The van der Waals surface area contributed by atoms with E-state index in [1.807, 2.05) is 55.6 Å². The van der Waals surface area contributed by atoms with Crippen LogP contribution in [-0.2, 0) is 9.53 Å². The zero-order valence-corrected chi connectivity index (χ0v) is 16.8. The van der Waals surface area contributed by atoms with Gasteiger partial charge in [0.2, 0.25) is 0 Å². The van der Waals surface area contributed by atoms with Crippen molar-refractivity contribution >= 4 is 28.9 Å². The first-order valence-electron chi connectivity index (χ1n) is 8.74. The van der Waals surface area contributed by atoms with E-state index in [2.05, 4.69) is 5.32 Å². The molecule has 144 valence electrons. The quantitative estimate of drug-likeness (QED) is 0.607. The first kappa shape index (κ1) is 19.6. The Kier molecular flexibility index (Phi) is 6.11. The number of carbonyl (C=O) groups is 2. The van der Waals surface area contributed by atoms with Crippen LogP contribution in [0.1, 0.15) is 20.8 Å². The van der Waals surface area contributed by atoms with Crippen LogP contribution >= 0.6 is 11.3 Å². The predicted octanol–water partition coefficient (Wildman–Crippen LogP) is 4.84. The van der Waals surface area contributed by atoms with E-state index in [9.17, 15) is 9.59 Å². The molecule has 3 aromatic rings. The minimum atomic E-state index is -0.517. The summed E-state index contributed by atoms with van der Waals surface area (Å²) in [4.78, 5) is 25.2. The highest BCUT2D eigenvalue weighted by atomic mass is 32.1. The van der Waals surface area contributed by atoms with Crippen LogP contribution in [0.5, 0.6) is 5.75 Å². The van der Waals surface area contributed by atoms with E-state index in [0.29, 0.717) is 16.3 Å². The molecule has 2 aromatic carbocycles. The van der Waals surface area contributed by atoms with Gasteiger partial charge in [0.1, 0.15) is 10.6 Å². The van der Waals surface area contributed by atoms with Gasteiger partial charge in [-0.15, -0.1) is 11.3 Å². The first-order valence-corrected chi connectivity index (χ1v) is 9.62. The van der Waals surface area contributed by atoms with Crippen molar-refractivity contribution in [2.45, 2.75) is 13.8 Å². The van der Waals surface area contributed by atoms with Crippen molar-refractivity contribution in [2.24, 2.45) is 0 Å². The number of esters is 1. The van der Waals surface area contributed by atoms with Crippen LogP contribution in [0.4, 0.5) is 5.69 Å². The predicted molar refractivity (Wildman–Crippen MR) is 111 cm³/mol. The summed E-state index contributed by atoms with van der Waals surface area (Å²) in [7, 11) is 1.53. The monoisotopic (exact) mass is 395 g/mol. The number of aryl methyl sites for hydroxylation is 2. The Bertz CT molecular complexity index is 992. The number of amides is 1. The maximum absolute atomic E-state index is 12.5. The first-order chi connectivity index (χ1) is 13.5. The van der Waals surface area contributed by atoms with Crippen molar-refractivity contribution < 1.29 is 19.1 Å². The average Bonchev–Trinajstić information content (AvgIpc) is 3.17. The van der Waals surface area contributed by atoms with Gasteiger partial charge >= 0.3 is 5.97 Å². The van der Waals surface area contributed by atoms with E-state index in [0.717, 1.165) is 22.3 Å². The third-order valence-corrected chi connectivity index (χ3v) is 5.07. The second-order valence-electron chi connectivity index (χ2n) is 6.36. The molecule has 1 heterocycles. The molecular formula is C22H21NO4S. The second-order valence-corrected chi connectivity index (χ2v) is 7.27. The van der Waals surface area contributed by atoms with E-state index >= 15 is 0 Å². The minimum absolute atomic E-state index is 0.374. The van der Waals surface area contributed by atoms with Crippen LogP contribution < -0.4 is 10.1 Å². The number of ether oxygens (including phenoxy) is 2. The van der Waals surface area contributed by atoms with E-state index in [1.54, 1.807) is 12.1 Å². The molecule has 0 fully saturated rings. The Balaban J connectivity index is 1.65. The van der Waals surface area contributed by atoms with E-state index in [-0.39, 0.29) is 6.61 Å². The largest absolute Gasteiger partial charge is 0.495 e. The van der Waals surface area contributed by atoms with Gasteiger partial charge in [-0.3, -0.25) is 4.79 Å². The van der Waals surface area contributed by atoms with Gasteiger partial charge in [-0.25, -0.2) is 4.79 Å². The number of rotatable bonds is 6. The molecule has 5 nitrogen and oxygen atoms in total. The maximum atomic E-state index is 12.5.